The van der Waals surface area contributed by atoms with Crippen LogP contribution in [0.1, 0.15) is 23.2 Å². The van der Waals surface area contributed by atoms with Crippen LogP contribution in [0.25, 0.3) is 0 Å². The number of benzene rings is 1. The quantitative estimate of drug-likeness (QED) is 0.629. The van der Waals surface area contributed by atoms with Crippen molar-refractivity contribution >= 4 is 17.9 Å². The van der Waals surface area contributed by atoms with Crippen molar-refractivity contribution in [2.75, 3.05) is 25.1 Å². The monoisotopic (exact) mass is 283 g/mol. The number of nitrogens with zero attached hydrogens (tertiary/aromatic N) is 1. The van der Waals surface area contributed by atoms with E-state index in [1.165, 1.54) is 19.2 Å². The number of anilines is 1. The number of carbonyl (C=O) groups is 2. The lowest BCUT2D eigenvalue weighted by Crippen LogP contribution is -2.43. The minimum absolute atomic E-state index is 0.0364. The van der Waals surface area contributed by atoms with Crippen molar-refractivity contribution in [3.05, 3.63) is 29.6 Å². The van der Waals surface area contributed by atoms with Crippen LogP contribution < -0.4 is 4.90 Å². The van der Waals surface area contributed by atoms with Gasteiger partial charge in [-0.3, -0.25) is 4.79 Å². The third kappa shape index (κ3) is 2.79. The van der Waals surface area contributed by atoms with Crippen molar-refractivity contribution in [2.45, 2.75) is 18.5 Å². The number of alkyl halides is 1. The van der Waals surface area contributed by atoms with Crippen molar-refractivity contribution < 1.29 is 23.1 Å². The summed E-state index contributed by atoms with van der Waals surface area (Å²) in [5.41, 5.74) is -1.39. The first kappa shape index (κ1) is 14.4. The lowest BCUT2D eigenvalue weighted by Gasteiger charge is -2.34. The van der Waals surface area contributed by atoms with Gasteiger partial charge in [0.15, 0.2) is 12.0 Å². The molecule has 0 saturated carbocycles. The zero-order valence-electron chi connectivity index (χ0n) is 11.1. The molecule has 108 valence electrons. The van der Waals surface area contributed by atoms with Crippen LogP contribution in [-0.2, 0) is 9.53 Å². The van der Waals surface area contributed by atoms with E-state index in [-0.39, 0.29) is 31.5 Å². The molecule has 1 aromatic carbocycles. The maximum atomic E-state index is 14.0. The van der Waals surface area contributed by atoms with E-state index >= 15 is 0 Å². The topological polar surface area (TPSA) is 46.6 Å². The molecule has 1 aliphatic heterocycles. The zero-order valence-corrected chi connectivity index (χ0v) is 11.1. The van der Waals surface area contributed by atoms with Gasteiger partial charge in [0.05, 0.1) is 18.4 Å². The molecule has 6 heteroatoms. The molecule has 0 bridgehead atoms. The summed E-state index contributed by atoms with van der Waals surface area (Å²) in [6.45, 7) is 0.507. The molecular formula is C14H15F2NO3. The molecule has 0 N–H and O–H groups in total. The van der Waals surface area contributed by atoms with Crippen LogP contribution in [0, 0.1) is 5.82 Å². The number of rotatable bonds is 3. The Morgan fingerprint density at radius 3 is 2.55 bits per heavy atom. The molecule has 1 saturated heterocycles. The van der Waals surface area contributed by atoms with Gasteiger partial charge >= 0.3 is 5.97 Å². The molecule has 0 atom stereocenters. The Balaban J connectivity index is 2.15. The fraction of sp³-hybridized carbons (Fsp3) is 0.429. The van der Waals surface area contributed by atoms with Crippen LogP contribution in [-0.4, -0.2) is 38.1 Å². The predicted octanol–water partition coefficient (Wildman–Crippen LogP) is 2.12. The van der Waals surface area contributed by atoms with Gasteiger partial charge in [0, 0.05) is 25.9 Å². The molecule has 0 amide bonds. The largest absolute Gasteiger partial charge is 0.465 e. The first-order chi connectivity index (χ1) is 9.49. The summed E-state index contributed by atoms with van der Waals surface area (Å²) in [6, 6.07) is 4.02. The Morgan fingerprint density at radius 2 is 2.05 bits per heavy atom. The Bertz CT molecular complexity index is 525. The minimum Gasteiger partial charge on any atom is -0.465 e. The maximum Gasteiger partial charge on any atom is 0.337 e. The van der Waals surface area contributed by atoms with Gasteiger partial charge in [-0.25, -0.2) is 13.6 Å². The summed E-state index contributed by atoms with van der Waals surface area (Å²) in [6.07, 6.45) is 0.393. The minimum atomic E-state index is -1.81. The highest BCUT2D eigenvalue weighted by Gasteiger charge is 2.34. The van der Waals surface area contributed by atoms with Crippen LogP contribution in [0.5, 0.6) is 0 Å². The van der Waals surface area contributed by atoms with Crippen LogP contribution in [0.2, 0.25) is 0 Å². The third-order valence-corrected chi connectivity index (χ3v) is 3.52. The first-order valence-electron chi connectivity index (χ1n) is 6.27. The summed E-state index contributed by atoms with van der Waals surface area (Å²) in [4.78, 5) is 23.6. The highest BCUT2D eigenvalue weighted by Crippen LogP contribution is 2.29. The van der Waals surface area contributed by atoms with Gasteiger partial charge in [-0.1, -0.05) is 0 Å². The molecule has 1 aliphatic rings. The molecule has 0 aliphatic carbocycles. The summed E-state index contributed by atoms with van der Waals surface area (Å²) in [5, 5.41) is 0. The zero-order chi connectivity index (χ0) is 14.8. The molecule has 0 unspecified atom stereocenters. The molecular weight excluding hydrogens is 268 g/mol. The summed E-state index contributed by atoms with van der Waals surface area (Å²) < 4.78 is 32.3. The van der Waals surface area contributed by atoms with E-state index in [0.717, 1.165) is 6.07 Å². The molecule has 4 nitrogen and oxygen atoms in total. The Labute approximate surface area is 115 Å². The van der Waals surface area contributed by atoms with Crippen molar-refractivity contribution in [2.24, 2.45) is 0 Å². The van der Waals surface area contributed by atoms with Crippen LogP contribution in [0.3, 0.4) is 0 Å². The molecule has 1 fully saturated rings. The Morgan fingerprint density at radius 1 is 1.40 bits per heavy atom. The summed E-state index contributed by atoms with van der Waals surface area (Å²) >= 11 is 0. The second-order valence-electron chi connectivity index (χ2n) is 4.80. The number of esters is 1. The lowest BCUT2D eigenvalue weighted by atomic mass is 9.94. The number of ether oxygens (including phenoxy) is 1. The molecule has 0 spiro atoms. The Hall–Kier alpha value is -1.98. The molecule has 20 heavy (non-hydrogen) atoms. The number of piperidine rings is 1. The molecule has 1 heterocycles. The smallest absolute Gasteiger partial charge is 0.337 e. The standard InChI is InChI=1S/C14H15F2NO3/c1-20-13(19)10-2-3-12(11(15)8-10)17-6-4-14(16,9-18)5-7-17/h2-3,8-9H,4-7H2,1H3. The number of halogens is 2. The van der Waals surface area contributed by atoms with Gasteiger partial charge in [0.25, 0.3) is 0 Å². The van der Waals surface area contributed by atoms with Gasteiger partial charge in [0.2, 0.25) is 0 Å². The predicted molar refractivity (Wildman–Crippen MR) is 69.1 cm³/mol. The first-order valence-corrected chi connectivity index (χ1v) is 6.27. The van der Waals surface area contributed by atoms with E-state index in [9.17, 15) is 18.4 Å². The van der Waals surface area contributed by atoms with Crippen molar-refractivity contribution in [1.29, 1.82) is 0 Å². The summed E-state index contributed by atoms with van der Waals surface area (Å²) in [5.74, 6) is -1.18. The normalized spacial score (nSPS) is 17.6. The van der Waals surface area contributed by atoms with Gasteiger partial charge in [-0.2, -0.15) is 0 Å². The van der Waals surface area contributed by atoms with E-state index in [1.54, 1.807) is 4.90 Å². The van der Waals surface area contributed by atoms with Crippen molar-refractivity contribution in [3.63, 3.8) is 0 Å². The molecule has 2 rings (SSSR count). The van der Waals surface area contributed by atoms with Gasteiger partial charge in [-0.15, -0.1) is 0 Å². The number of aldehydes is 1. The van der Waals surface area contributed by atoms with Crippen LogP contribution in [0.15, 0.2) is 18.2 Å². The lowest BCUT2D eigenvalue weighted by molar-refractivity contribution is -0.119. The number of hydrogen-bond acceptors (Lipinski definition) is 4. The second kappa shape index (κ2) is 5.56. The number of methoxy groups -OCH3 is 1. The van der Waals surface area contributed by atoms with E-state index in [0.29, 0.717) is 12.0 Å². The average molecular weight is 283 g/mol. The van der Waals surface area contributed by atoms with Crippen LogP contribution in [0.4, 0.5) is 14.5 Å². The molecule has 1 aromatic rings. The van der Waals surface area contributed by atoms with Crippen molar-refractivity contribution in [3.8, 4) is 0 Å². The second-order valence-corrected chi connectivity index (χ2v) is 4.80. The fourth-order valence-corrected chi connectivity index (χ4v) is 2.25. The van der Waals surface area contributed by atoms with Gasteiger partial charge in [-0.05, 0) is 18.2 Å². The van der Waals surface area contributed by atoms with E-state index in [1.807, 2.05) is 0 Å². The van der Waals surface area contributed by atoms with Crippen LogP contribution >= 0.6 is 0 Å². The average Bonchev–Trinajstić information content (AvgIpc) is 2.47. The van der Waals surface area contributed by atoms with E-state index in [4.69, 9.17) is 0 Å². The van der Waals surface area contributed by atoms with E-state index < -0.39 is 17.5 Å². The fourth-order valence-electron chi connectivity index (χ4n) is 2.25. The van der Waals surface area contributed by atoms with E-state index in [2.05, 4.69) is 4.74 Å². The van der Waals surface area contributed by atoms with Gasteiger partial charge in [0.1, 0.15) is 5.82 Å². The maximum absolute atomic E-state index is 14.0. The highest BCUT2D eigenvalue weighted by molar-refractivity contribution is 5.89. The molecule has 0 radical (unpaired) electrons. The summed E-state index contributed by atoms with van der Waals surface area (Å²) in [7, 11) is 1.22. The third-order valence-electron chi connectivity index (χ3n) is 3.52. The number of hydrogen-bond donors (Lipinski definition) is 0. The molecule has 0 aromatic heterocycles. The van der Waals surface area contributed by atoms with Crippen molar-refractivity contribution in [1.82, 2.24) is 0 Å². The number of carbonyl (C=O) groups excluding carboxylic acids is 2. The van der Waals surface area contributed by atoms with Gasteiger partial charge < -0.3 is 9.64 Å². The highest BCUT2D eigenvalue weighted by atomic mass is 19.1. The SMILES string of the molecule is COC(=O)c1ccc(N2CCC(F)(C=O)CC2)c(F)c1. The Kier molecular flexibility index (Phi) is 4.01.